The molecule has 1 aromatic heterocycles. The summed E-state index contributed by atoms with van der Waals surface area (Å²) < 4.78 is 15.8. The lowest BCUT2D eigenvalue weighted by Crippen LogP contribution is -2.39. The van der Waals surface area contributed by atoms with Crippen LogP contribution in [0.15, 0.2) is 42.7 Å². The predicted octanol–water partition coefficient (Wildman–Crippen LogP) is 2.00. The van der Waals surface area contributed by atoms with Gasteiger partial charge in [0.05, 0.1) is 12.3 Å². The zero-order valence-corrected chi connectivity index (χ0v) is 14.9. The molecule has 1 fully saturated rings. The monoisotopic (exact) mass is 346 g/mol. The summed E-state index contributed by atoms with van der Waals surface area (Å²) >= 11 is 0. The second-order valence-electron chi connectivity index (χ2n) is 7.09. The van der Waals surface area contributed by atoms with Crippen molar-refractivity contribution in [3.8, 4) is 0 Å². The number of rotatable bonds is 7. The molecule has 136 valence electrons. The van der Waals surface area contributed by atoms with Crippen LogP contribution in [0.1, 0.15) is 23.7 Å². The van der Waals surface area contributed by atoms with Gasteiger partial charge in [-0.05, 0) is 19.0 Å². The molecular weight excluding hydrogens is 319 g/mol. The summed E-state index contributed by atoms with van der Waals surface area (Å²) in [5.74, 6) is 0. The van der Waals surface area contributed by atoms with Gasteiger partial charge >= 0.3 is 0 Å². The largest absolute Gasteiger partial charge is 0.387 e. The van der Waals surface area contributed by atoms with Crippen molar-refractivity contribution < 1.29 is 9.50 Å². The molecule has 0 saturated carbocycles. The molecule has 2 aromatic rings. The quantitative estimate of drug-likeness (QED) is 0.833. The first kappa shape index (κ1) is 18.0. The van der Waals surface area contributed by atoms with Crippen molar-refractivity contribution in [3.63, 3.8) is 0 Å². The summed E-state index contributed by atoms with van der Waals surface area (Å²) in [7, 11) is 3.88. The minimum atomic E-state index is -0.783. The van der Waals surface area contributed by atoms with Gasteiger partial charge in [-0.1, -0.05) is 30.3 Å². The standard InChI is InChI=1S/C19H27FN4O/c1-22(14-19(25)16-6-4-3-5-7-16)13-18-8-17(20)12-24(18)11-15-9-21-23(2)10-15/h3-7,9-10,17-19,25H,8,11-14H2,1-2H3/t17-,18-,19?/m0/s1. The van der Waals surface area contributed by atoms with Gasteiger partial charge in [-0.15, -0.1) is 0 Å². The van der Waals surface area contributed by atoms with Gasteiger partial charge in [-0.2, -0.15) is 5.10 Å². The Morgan fingerprint density at radius 2 is 2.12 bits per heavy atom. The van der Waals surface area contributed by atoms with Gasteiger partial charge in [0.1, 0.15) is 6.17 Å². The van der Waals surface area contributed by atoms with E-state index in [2.05, 4.69) is 14.9 Å². The Labute approximate surface area is 148 Å². The third kappa shape index (κ3) is 4.87. The summed E-state index contributed by atoms with van der Waals surface area (Å²) in [5, 5.41) is 14.6. The molecule has 1 aromatic carbocycles. The van der Waals surface area contributed by atoms with E-state index < -0.39 is 12.3 Å². The number of nitrogens with zero attached hydrogens (tertiary/aromatic N) is 4. The maximum absolute atomic E-state index is 14.0. The highest BCUT2D eigenvalue weighted by atomic mass is 19.1. The lowest BCUT2D eigenvalue weighted by Gasteiger charge is -2.29. The van der Waals surface area contributed by atoms with Crippen LogP contribution in [-0.4, -0.2) is 63.6 Å². The van der Waals surface area contributed by atoms with Crippen LogP contribution in [0, 0.1) is 0 Å². The third-order valence-corrected chi connectivity index (χ3v) is 4.81. The van der Waals surface area contributed by atoms with Crippen molar-refractivity contribution >= 4 is 0 Å². The molecule has 0 spiro atoms. The minimum absolute atomic E-state index is 0.156. The van der Waals surface area contributed by atoms with Crippen LogP contribution in [0.5, 0.6) is 0 Å². The van der Waals surface area contributed by atoms with Crippen LogP contribution in [0.25, 0.3) is 0 Å². The number of likely N-dealkylation sites (tertiary alicyclic amines) is 1. The number of hydrogen-bond donors (Lipinski definition) is 1. The van der Waals surface area contributed by atoms with Crippen LogP contribution in [-0.2, 0) is 13.6 Å². The van der Waals surface area contributed by atoms with E-state index in [9.17, 15) is 9.50 Å². The number of likely N-dealkylation sites (N-methyl/N-ethyl adjacent to an activating group) is 1. The van der Waals surface area contributed by atoms with Gasteiger partial charge in [0, 0.05) is 51.0 Å². The van der Waals surface area contributed by atoms with Gasteiger partial charge in [-0.3, -0.25) is 9.58 Å². The molecule has 0 amide bonds. The number of aliphatic hydroxyl groups is 1. The highest BCUT2D eigenvalue weighted by molar-refractivity contribution is 5.17. The van der Waals surface area contributed by atoms with E-state index in [0.29, 0.717) is 26.1 Å². The first-order valence-corrected chi connectivity index (χ1v) is 8.78. The van der Waals surface area contributed by atoms with Crippen LogP contribution < -0.4 is 0 Å². The normalized spacial score (nSPS) is 22.6. The van der Waals surface area contributed by atoms with Crippen molar-refractivity contribution in [2.75, 3.05) is 26.7 Å². The molecule has 0 radical (unpaired) electrons. The van der Waals surface area contributed by atoms with Gasteiger partial charge in [0.2, 0.25) is 0 Å². The van der Waals surface area contributed by atoms with Gasteiger partial charge in [0.25, 0.3) is 0 Å². The maximum Gasteiger partial charge on any atom is 0.114 e. The molecule has 6 heteroatoms. The molecule has 1 saturated heterocycles. The molecule has 25 heavy (non-hydrogen) atoms. The highest BCUT2D eigenvalue weighted by Gasteiger charge is 2.33. The first-order valence-electron chi connectivity index (χ1n) is 8.78. The highest BCUT2D eigenvalue weighted by Crippen LogP contribution is 2.24. The summed E-state index contributed by atoms with van der Waals surface area (Å²) in [6, 6.07) is 9.82. The average molecular weight is 346 g/mol. The molecule has 3 rings (SSSR count). The number of aryl methyl sites for hydroxylation is 1. The molecule has 1 unspecified atom stereocenters. The van der Waals surface area contributed by atoms with E-state index in [4.69, 9.17) is 0 Å². The fourth-order valence-electron chi connectivity index (χ4n) is 3.60. The summed E-state index contributed by atoms with van der Waals surface area (Å²) in [6.45, 7) is 2.46. The average Bonchev–Trinajstić information content (AvgIpc) is 3.14. The third-order valence-electron chi connectivity index (χ3n) is 4.81. The van der Waals surface area contributed by atoms with Crippen molar-refractivity contribution in [2.24, 2.45) is 7.05 Å². The van der Waals surface area contributed by atoms with Crippen LogP contribution in [0.4, 0.5) is 4.39 Å². The molecule has 0 bridgehead atoms. The fraction of sp³-hybridized carbons (Fsp3) is 0.526. The van der Waals surface area contributed by atoms with E-state index in [0.717, 1.165) is 17.7 Å². The minimum Gasteiger partial charge on any atom is -0.387 e. The Kier molecular flexibility index (Phi) is 5.83. The Balaban J connectivity index is 1.56. The Hall–Kier alpha value is -1.76. The van der Waals surface area contributed by atoms with Crippen molar-refractivity contribution in [1.29, 1.82) is 0 Å². The molecule has 2 heterocycles. The molecule has 1 N–H and O–H groups in total. The smallest absolute Gasteiger partial charge is 0.114 e. The molecule has 3 atom stereocenters. The SMILES string of the molecule is CN(CC(O)c1ccccc1)C[C@@H]1C[C@H](F)CN1Cc1cnn(C)c1. The van der Waals surface area contributed by atoms with Crippen LogP contribution >= 0.6 is 0 Å². The van der Waals surface area contributed by atoms with Gasteiger partial charge < -0.3 is 10.0 Å². The van der Waals surface area contributed by atoms with Crippen LogP contribution in [0.2, 0.25) is 0 Å². The summed E-state index contributed by atoms with van der Waals surface area (Å²) in [5.41, 5.74) is 2.02. The number of benzene rings is 1. The van der Waals surface area contributed by atoms with Crippen LogP contribution in [0.3, 0.4) is 0 Å². The lowest BCUT2D eigenvalue weighted by molar-refractivity contribution is 0.107. The van der Waals surface area contributed by atoms with Gasteiger partial charge in [-0.25, -0.2) is 4.39 Å². The number of halogens is 1. The van der Waals surface area contributed by atoms with E-state index in [1.807, 2.05) is 56.8 Å². The Bertz CT molecular complexity index is 662. The van der Waals surface area contributed by atoms with E-state index >= 15 is 0 Å². The second kappa shape index (κ2) is 8.08. The van der Waals surface area contributed by atoms with Crippen molar-refractivity contribution in [1.82, 2.24) is 19.6 Å². The summed E-state index contributed by atoms with van der Waals surface area (Å²) in [4.78, 5) is 4.28. The van der Waals surface area contributed by atoms with Gasteiger partial charge in [0.15, 0.2) is 0 Å². The first-order chi connectivity index (χ1) is 12.0. The van der Waals surface area contributed by atoms with Crippen molar-refractivity contribution in [3.05, 3.63) is 53.9 Å². The number of hydrogen-bond acceptors (Lipinski definition) is 4. The fourth-order valence-corrected chi connectivity index (χ4v) is 3.60. The molecule has 1 aliphatic rings. The second-order valence-corrected chi connectivity index (χ2v) is 7.09. The van der Waals surface area contributed by atoms with E-state index in [1.54, 1.807) is 4.68 Å². The molecule has 0 aliphatic carbocycles. The lowest BCUT2D eigenvalue weighted by atomic mass is 10.1. The molecular formula is C19H27FN4O. The maximum atomic E-state index is 14.0. The number of aliphatic hydroxyl groups excluding tert-OH is 1. The Morgan fingerprint density at radius 1 is 1.36 bits per heavy atom. The number of aromatic nitrogens is 2. The zero-order valence-electron chi connectivity index (χ0n) is 14.9. The topological polar surface area (TPSA) is 44.5 Å². The zero-order chi connectivity index (χ0) is 17.8. The van der Waals surface area contributed by atoms with E-state index in [-0.39, 0.29) is 6.04 Å². The number of alkyl halides is 1. The van der Waals surface area contributed by atoms with Crippen molar-refractivity contribution in [2.45, 2.75) is 31.3 Å². The van der Waals surface area contributed by atoms with E-state index in [1.165, 1.54) is 0 Å². The summed E-state index contributed by atoms with van der Waals surface area (Å²) in [6.07, 6.45) is 3.05. The molecule has 1 aliphatic heterocycles. The Morgan fingerprint density at radius 3 is 2.80 bits per heavy atom. The molecule has 5 nitrogen and oxygen atoms in total. The predicted molar refractivity (Wildman–Crippen MR) is 95.8 cm³/mol.